The number of carbonyl (C=O) groups excluding carboxylic acids is 5. The third kappa shape index (κ3) is 13.5. The van der Waals surface area contributed by atoms with E-state index in [0.717, 1.165) is 11.0 Å². The van der Waals surface area contributed by atoms with Gasteiger partial charge in [0.15, 0.2) is 23.3 Å². The molecule has 4 N–H and O–H groups in total. The predicted octanol–water partition coefficient (Wildman–Crippen LogP) is 4.43. The Kier molecular flexibility index (Phi) is 15.3. The lowest BCUT2D eigenvalue weighted by molar-refractivity contribution is -0.162. The molecule has 10 nitrogen and oxygen atoms in total. The van der Waals surface area contributed by atoms with Gasteiger partial charge in [-0.2, -0.15) is 26.3 Å². The molecule has 2 saturated heterocycles. The highest BCUT2D eigenvalue weighted by Gasteiger charge is 2.42. The van der Waals surface area contributed by atoms with Gasteiger partial charge in [-0.05, 0) is 36.1 Å². The summed E-state index contributed by atoms with van der Waals surface area (Å²) >= 11 is 0. The summed E-state index contributed by atoms with van der Waals surface area (Å²) in [4.78, 5) is 62.0. The summed E-state index contributed by atoms with van der Waals surface area (Å²) in [6.45, 7) is -0.117. The molecule has 2 heterocycles. The van der Waals surface area contributed by atoms with E-state index in [1.54, 1.807) is 0 Å². The molecule has 2 aliphatic heterocycles. The standard InChI is InChI=1S/C17H17F6N3O2.C17H16F6N2O3/c18-11-7-13(20)12(19)5-9(11)4-10(24)6-15(27)26-3-1-2-25-16(28)14(26)8-17(21,22)23;18-11-7-13(20)12(19)5-9(11)4-10(26)6-15(27)25-3-1-2-24-16(28)14(25)8-17(21,22)23/h5-7,14H,1-4,8,24H2,(H,25,28);5,7,14H,1-4,6,8H2,(H,24,28)/b10-6-;. The minimum atomic E-state index is -4.72. The second-order valence-corrected chi connectivity index (χ2v) is 12.6. The molecule has 0 aromatic heterocycles. The van der Waals surface area contributed by atoms with Crippen molar-refractivity contribution in [3.8, 4) is 0 Å². The molecular formula is C34H33F12N5O5. The van der Waals surface area contributed by atoms with Gasteiger partial charge in [0.05, 0.1) is 19.3 Å². The van der Waals surface area contributed by atoms with E-state index in [4.69, 9.17) is 5.73 Å². The summed E-state index contributed by atoms with van der Waals surface area (Å²) in [6.07, 6.45) is -13.5. The Labute approximate surface area is 310 Å². The number of nitrogens with one attached hydrogen (secondary N) is 2. The van der Waals surface area contributed by atoms with Crippen molar-refractivity contribution < 1.29 is 76.7 Å². The zero-order valence-electron chi connectivity index (χ0n) is 28.9. The van der Waals surface area contributed by atoms with Crippen LogP contribution < -0.4 is 16.4 Å². The molecule has 2 aromatic carbocycles. The zero-order chi connectivity index (χ0) is 42.1. The van der Waals surface area contributed by atoms with E-state index in [0.29, 0.717) is 23.1 Å². The molecule has 0 aliphatic carbocycles. The number of halogens is 12. The van der Waals surface area contributed by atoms with E-state index in [9.17, 15) is 76.7 Å². The first kappa shape index (κ1) is 45.1. The van der Waals surface area contributed by atoms with Gasteiger partial charge < -0.3 is 26.2 Å². The summed E-state index contributed by atoms with van der Waals surface area (Å²) in [7, 11) is 0. The first-order chi connectivity index (χ1) is 26.0. The lowest BCUT2D eigenvalue weighted by atomic mass is 10.0. The molecule has 2 unspecified atom stereocenters. The van der Waals surface area contributed by atoms with Gasteiger partial charge in [-0.25, -0.2) is 26.3 Å². The SMILES string of the molecule is N/C(=C\C(=O)N1CCCNC(=O)C1CC(F)(F)F)Cc1cc(F)c(F)cc1F.O=C(CC(=O)N1CCCNC(=O)C1CC(F)(F)F)Cc1cc(F)c(F)cc1F. The summed E-state index contributed by atoms with van der Waals surface area (Å²) < 4.78 is 156. The van der Waals surface area contributed by atoms with Crippen LogP contribution >= 0.6 is 0 Å². The van der Waals surface area contributed by atoms with Gasteiger partial charge in [0.1, 0.15) is 29.5 Å². The van der Waals surface area contributed by atoms with Crippen molar-refractivity contribution in [1.29, 1.82) is 0 Å². The van der Waals surface area contributed by atoms with Crippen LogP contribution in [-0.4, -0.2) is 89.8 Å². The monoisotopic (exact) mass is 819 g/mol. The van der Waals surface area contributed by atoms with E-state index >= 15 is 0 Å². The predicted molar refractivity (Wildman–Crippen MR) is 170 cm³/mol. The van der Waals surface area contributed by atoms with Crippen molar-refractivity contribution in [1.82, 2.24) is 20.4 Å². The quantitative estimate of drug-likeness (QED) is 0.148. The van der Waals surface area contributed by atoms with Gasteiger partial charge >= 0.3 is 12.4 Å². The maximum Gasteiger partial charge on any atom is 0.391 e. The van der Waals surface area contributed by atoms with Crippen molar-refractivity contribution in [3.63, 3.8) is 0 Å². The molecule has 4 amide bonds. The van der Waals surface area contributed by atoms with Crippen LogP contribution in [0.1, 0.15) is 43.2 Å². The van der Waals surface area contributed by atoms with Crippen molar-refractivity contribution in [3.05, 3.63) is 82.1 Å². The summed E-state index contributed by atoms with van der Waals surface area (Å²) in [6, 6.07) is -1.97. The highest BCUT2D eigenvalue weighted by atomic mass is 19.4. The van der Waals surface area contributed by atoms with Crippen molar-refractivity contribution in [2.45, 2.75) is 69.4 Å². The number of carbonyl (C=O) groups is 5. The number of nitrogens with zero attached hydrogens (tertiary/aromatic N) is 2. The van der Waals surface area contributed by atoms with Gasteiger partial charge in [-0.15, -0.1) is 0 Å². The second-order valence-electron chi connectivity index (χ2n) is 12.6. The Morgan fingerprint density at radius 1 is 0.661 bits per heavy atom. The van der Waals surface area contributed by atoms with Gasteiger partial charge in [-0.1, -0.05) is 0 Å². The minimum absolute atomic E-state index is 0.0744. The van der Waals surface area contributed by atoms with Crippen LogP contribution in [0.25, 0.3) is 0 Å². The maximum absolute atomic E-state index is 13.7. The van der Waals surface area contributed by atoms with Gasteiger partial charge in [0.25, 0.3) is 0 Å². The lowest BCUT2D eigenvalue weighted by Crippen LogP contribution is -2.49. The Balaban J connectivity index is 0.000000300. The van der Waals surface area contributed by atoms with E-state index in [2.05, 4.69) is 10.6 Å². The Hall–Kier alpha value is -5.31. The number of hydrogen-bond acceptors (Lipinski definition) is 6. The molecule has 22 heteroatoms. The smallest absolute Gasteiger partial charge is 0.391 e. The molecule has 2 atom stereocenters. The average molecular weight is 820 g/mol. The number of ketones is 1. The third-order valence-electron chi connectivity index (χ3n) is 8.18. The largest absolute Gasteiger partial charge is 0.402 e. The Morgan fingerprint density at radius 3 is 1.54 bits per heavy atom. The molecule has 2 aromatic rings. The second kappa shape index (κ2) is 19.0. The van der Waals surface area contributed by atoms with Crippen LogP contribution in [0.15, 0.2) is 36.0 Å². The topological polar surface area (TPSA) is 142 Å². The molecule has 0 spiro atoms. The maximum atomic E-state index is 13.7. The van der Waals surface area contributed by atoms with Crippen molar-refractivity contribution >= 4 is 29.4 Å². The lowest BCUT2D eigenvalue weighted by Gasteiger charge is -2.29. The van der Waals surface area contributed by atoms with Crippen LogP contribution in [-0.2, 0) is 36.8 Å². The number of hydrogen-bond donors (Lipinski definition) is 3. The fourth-order valence-corrected chi connectivity index (χ4v) is 5.61. The normalized spacial score (nSPS) is 18.2. The molecular weight excluding hydrogens is 786 g/mol. The van der Waals surface area contributed by atoms with E-state index in [1.165, 1.54) is 0 Å². The number of alkyl halides is 6. The first-order valence-electron chi connectivity index (χ1n) is 16.5. The Morgan fingerprint density at radius 2 is 1.07 bits per heavy atom. The molecule has 2 aliphatic rings. The van der Waals surface area contributed by atoms with Crippen molar-refractivity contribution in [2.24, 2.45) is 5.73 Å². The molecule has 0 radical (unpaired) electrons. The molecule has 308 valence electrons. The highest BCUT2D eigenvalue weighted by Crippen LogP contribution is 2.27. The minimum Gasteiger partial charge on any atom is -0.402 e. The molecule has 0 bridgehead atoms. The molecule has 2 fully saturated rings. The number of rotatable bonds is 9. The van der Waals surface area contributed by atoms with Crippen LogP contribution in [0, 0.1) is 34.9 Å². The van der Waals surface area contributed by atoms with E-state index in [-0.39, 0.29) is 56.3 Å². The summed E-state index contributed by atoms with van der Waals surface area (Å²) in [5.74, 6) is -12.7. The number of allylic oxidation sites excluding steroid dienone is 1. The number of Topliss-reactive ketones (excluding diaryl/α,β-unsaturated/α-hetero) is 1. The third-order valence-corrected chi connectivity index (χ3v) is 8.18. The fourth-order valence-electron chi connectivity index (χ4n) is 5.61. The number of benzene rings is 2. The Bertz CT molecular complexity index is 1840. The number of amides is 4. The van der Waals surface area contributed by atoms with Crippen LogP contribution in [0.5, 0.6) is 0 Å². The van der Waals surface area contributed by atoms with Gasteiger partial charge in [0, 0.05) is 62.9 Å². The summed E-state index contributed by atoms with van der Waals surface area (Å²) in [5, 5.41) is 4.57. The van der Waals surface area contributed by atoms with Crippen LogP contribution in [0.4, 0.5) is 52.7 Å². The van der Waals surface area contributed by atoms with E-state index < -0.39 is 126 Å². The first-order valence-corrected chi connectivity index (χ1v) is 16.5. The fraction of sp³-hybridized carbons (Fsp3) is 0.441. The van der Waals surface area contributed by atoms with Gasteiger partial charge in [-0.3, -0.25) is 24.0 Å². The average Bonchev–Trinajstić information content (AvgIpc) is 3.36. The molecule has 4 rings (SSSR count). The van der Waals surface area contributed by atoms with E-state index in [1.807, 2.05) is 0 Å². The number of nitrogens with two attached hydrogens (primary N) is 1. The van der Waals surface area contributed by atoms with Crippen LogP contribution in [0.2, 0.25) is 0 Å². The molecule has 56 heavy (non-hydrogen) atoms. The zero-order valence-corrected chi connectivity index (χ0v) is 28.9. The highest BCUT2D eigenvalue weighted by molar-refractivity contribution is 6.00. The van der Waals surface area contributed by atoms with Crippen molar-refractivity contribution in [2.75, 3.05) is 26.2 Å². The van der Waals surface area contributed by atoms with Crippen LogP contribution in [0.3, 0.4) is 0 Å². The van der Waals surface area contributed by atoms with Gasteiger partial charge in [0.2, 0.25) is 23.6 Å². The molecule has 0 saturated carbocycles. The summed E-state index contributed by atoms with van der Waals surface area (Å²) in [5.41, 5.74) is 4.52.